The van der Waals surface area contributed by atoms with Crippen LogP contribution in [0.4, 0.5) is 0 Å². The number of aryl methyl sites for hydroxylation is 1. The van der Waals surface area contributed by atoms with Crippen LogP contribution in [0.15, 0.2) is 22.6 Å². The molecule has 2 atom stereocenters. The van der Waals surface area contributed by atoms with Gasteiger partial charge in [-0.25, -0.2) is 4.98 Å². The van der Waals surface area contributed by atoms with Gasteiger partial charge in [0.25, 0.3) is 0 Å². The number of thiazole rings is 1. The van der Waals surface area contributed by atoms with Crippen LogP contribution in [0.2, 0.25) is 36.3 Å². The molecule has 1 rings (SSSR count). The zero-order valence-corrected chi connectivity index (χ0v) is 28.3. The van der Waals surface area contributed by atoms with Crippen molar-refractivity contribution in [1.29, 1.82) is 0 Å². The van der Waals surface area contributed by atoms with Crippen molar-refractivity contribution in [2.24, 2.45) is 5.92 Å². The van der Waals surface area contributed by atoms with Crippen molar-refractivity contribution in [3.63, 3.8) is 0 Å². The van der Waals surface area contributed by atoms with E-state index in [0.717, 1.165) is 66.7 Å². The van der Waals surface area contributed by atoms with Crippen LogP contribution in [-0.4, -0.2) is 46.0 Å². The normalized spacial score (nSPS) is 15.3. The molecule has 7 heteroatoms. The summed E-state index contributed by atoms with van der Waals surface area (Å²) in [7, 11) is -3.29. The van der Waals surface area contributed by atoms with E-state index in [1.807, 2.05) is 6.92 Å². The molecular weight excluding hydrogens is 511 g/mol. The summed E-state index contributed by atoms with van der Waals surface area (Å²) < 4.78 is 13.5. The van der Waals surface area contributed by atoms with Gasteiger partial charge >= 0.3 is 0 Å². The second-order valence-electron chi connectivity index (χ2n) is 10.8. The molecule has 0 spiro atoms. The molecule has 0 fully saturated rings. The van der Waals surface area contributed by atoms with Gasteiger partial charge in [-0.2, -0.15) is 0 Å². The molecule has 37 heavy (non-hydrogen) atoms. The fourth-order valence-electron chi connectivity index (χ4n) is 5.06. The smallest absolute Gasteiger partial charge is 0.192 e. The Morgan fingerprint density at radius 1 is 1.03 bits per heavy atom. The van der Waals surface area contributed by atoms with E-state index in [-0.39, 0.29) is 12.7 Å². The van der Waals surface area contributed by atoms with E-state index in [1.165, 1.54) is 23.7 Å². The second-order valence-corrected chi connectivity index (χ2v) is 21.4. The summed E-state index contributed by atoms with van der Waals surface area (Å²) in [5.41, 5.74) is 3.39. The van der Waals surface area contributed by atoms with Crippen LogP contribution < -0.4 is 0 Å². The molecule has 1 aromatic rings. The highest BCUT2D eigenvalue weighted by Gasteiger charge is 2.32. The third-order valence-electron chi connectivity index (χ3n) is 8.47. The van der Waals surface area contributed by atoms with Gasteiger partial charge < -0.3 is 14.0 Å². The molecule has 1 N–H and O–H groups in total. The molecule has 0 unspecified atom stereocenters. The lowest BCUT2D eigenvalue weighted by molar-refractivity contribution is 0.224. The van der Waals surface area contributed by atoms with Crippen LogP contribution in [0.3, 0.4) is 0 Å². The van der Waals surface area contributed by atoms with Crippen LogP contribution in [0.5, 0.6) is 0 Å². The van der Waals surface area contributed by atoms with Gasteiger partial charge in [-0.3, -0.25) is 0 Å². The van der Waals surface area contributed by atoms with Gasteiger partial charge in [-0.1, -0.05) is 54.5 Å². The molecule has 1 heterocycles. The van der Waals surface area contributed by atoms with Gasteiger partial charge in [0.15, 0.2) is 16.6 Å². The molecule has 1 aromatic heterocycles. The van der Waals surface area contributed by atoms with E-state index < -0.39 is 16.6 Å². The Morgan fingerprint density at radius 3 is 2.11 bits per heavy atom. The van der Waals surface area contributed by atoms with Crippen molar-refractivity contribution in [1.82, 2.24) is 4.98 Å². The number of rotatable bonds is 20. The van der Waals surface area contributed by atoms with Crippen LogP contribution in [0.25, 0.3) is 6.08 Å². The third-order valence-corrected chi connectivity index (χ3v) is 18.6. The Balaban J connectivity index is 2.85. The van der Waals surface area contributed by atoms with Crippen molar-refractivity contribution in [3.05, 3.63) is 33.3 Å². The SMILES string of the molecule is CC[Si](CC)(CC)OC[C@@H](C)CCCC(=CC[C@H](O[Si](CC)(CC)CC)C(C)=Cc1csc(C)n1)CO. The fourth-order valence-corrected chi connectivity index (χ4v) is 11.3. The molecule has 0 amide bonds. The Kier molecular flexibility index (Phi) is 16.7. The lowest BCUT2D eigenvalue weighted by Crippen LogP contribution is -2.40. The molecule has 4 nitrogen and oxygen atoms in total. The lowest BCUT2D eigenvalue weighted by Gasteiger charge is -2.33. The van der Waals surface area contributed by atoms with E-state index in [0.29, 0.717) is 5.92 Å². The molecule has 214 valence electrons. The van der Waals surface area contributed by atoms with E-state index in [4.69, 9.17) is 8.85 Å². The minimum Gasteiger partial charge on any atom is -0.417 e. The molecule has 0 aliphatic carbocycles. The quantitative estimate of drug-likeness (QED) is 0.126. The first-order chi connectivity index (χ1) is 17.7. The first-order valence-corrected chi connectivity index (χ1v) is 20.8. The van der Waals surface area contributed by atoms with Crippen molar-refractivity contribution in [2.75, 3.05) is 13.2 Å². The van der Waals surface area contributed by atoms with Crippen LogP contribution in [0, 0.1) is 12.8 Å². The van der Waals surface area contributed by atoms with Crippen molar-refractivity contribution in [3.8, 4) is 0 Å². The van der Waals surface area contributed by atoms with E-state index in [9.17, 15) is 5.11 Å². The molecule has 0 bridgehead atoms. The Bertz CT molecular complexity index is 799. The van der Waals surface area contributed by atoms with Gasteiger partial charge in [0.1, 0.15) is 0 Å². The number of hydrogen-bond donors (Lipinski definition) is 1. The molecule has 0 aromatic carbocycles. The fraction of sp³-hybridized carbons (Fsp3) is 0.767. The first-order valence-electron chi connectivity index (χ1n) is 14.9. The van der Waals surface area contributed by atoms with E-state index in [1.54, 1.807) is 11.3 Å². The van der Waals surface area contributed by atoms with Crippen molar-refractivity contribution >= 4 is 34.0 Å². The Morgan fingerprint density at radius 2 is 1.62 bits per heavy atom. The van der Waals surface area contributed by atoms with E-state index >= 15 is 0 Å². The summed E-state index contributed by atoms with van der Waals surface area (Å²) >= 11 is 1.69. The predicted octanol–water partition coefficient (Wildman–Crippen LogP) is 9.38. The van der Waals surface area contributed by atoms with Crippen LogP contribution in [0.1, 0.15) is 91.8 Å². The zero-order chi connectivity index (χ0) is 27.9. The summed E-state index contributed by atoms with van der Waals surface area (Å²) in [6.07, 6.45) is 8.46. The molecule has 0 saturated carbocycles. The molecule has 0 aliphatic rings. The number of aliphatic hydroxyl groups is 1. The number of aliphatic hydroxyl groups excluding tert-OH is 1. The van der Waals surface area contributed by atoms with Gasteiger partial charge in [0, 0.05) is 12.0 Å². The largest absolute Gasteiger partial charge is 0.417 e. The van der Waals surface area contributed by atoms with E-state index in [2.05, 4.69) is 77.9 Å². The molecule has 0 radical (unpaired) electrons. The predicted molar refractivity (Wildman–Crippen MR) is 169 cm³/mol. The minimum absolute atomic E-state index is 0.0395. The zero-order valence-electron chi connectivity index (χ0n) is 25.5. The van der Waals surface area contributed by atoms with Crippen LogP contribution >= 0.6 is 11.3 Å². The maximum absolute atomic E-state index is 10.1. The van der Waals surface area contributed by atoms with Gasteiger partial charge in [0.05, 0.1) is 23.4 Å². The number of nitrogens with zero attached hydrogens (tertiary/aromatic N) is 1. The molecule has 0 saturated heterocycles. The Hall–Kier alpha value is -0.576. The summed E-state index contributed by atoms with van der Waals surface area (Å²) in [5.74, 6) is 0.560. The summed E-state index contributed by atoms with van der Waals surface area (Å²) in [6, 6.07) is 7.03. The van der Waals surface area contributed by atoms with Gasteiger partial charge in [-0.05, 0) is 98.9 Å². The standard InChI is InChI=1S/C30H57NO3SSi2/c1-10-36(11-2,12-3)33-23-25(7)17-16-18-28(22-32)19-20-30(34-37(13-4,14-5)15-6)26(8)21-29-24-35-27(9)31-29/h19,21,24-25,30,32H,10-18,20,22-23H2,1-9H3/t25-,30-/m0/s1. The lowest BCUT2D eigenvalue weighted by atomic mass is 10.00. The first kappa shape index (κ1) is 34.5. The summed E-state index contributed by atoms with van der Waals surface area (Å²) in [5, 5.41) is 13.3. The summed E-state index contributed by atoms with van der Waals surface area (Å²) in [6.45, 7) is 21.3. The highest BCUT2D eigenvalue weighted by Crippen LogP contribution is 2.29. The average molecular weight is 568 g/mol. The Labute approximate surface area is 235 Å². The van der Waals surface area contributed by atoms with Gasteiger partial charge in [0.2, 0.25) is 0 Å². The molecular formula is C30H57NO3SSi2. The summed E-state index contributed by atoms with van der Waals surface area (Å²) in [4.78, 5) is 4.64. The van der Waals surface area contributed by atoms with Crippen molar-refractivity contribution < 1.29 is 14.0 Å². The maximum Gasteiger partial charge on any atom is 0.192 e. The topological polar surface area (TPSA) is 51.6 Å². The second kappa shape index (κ2) is 17.9. The van der Waals surface area contributed by atoms with Gasteiger partial charge in [-0.15, -0.1) is 11.3 Å². The third kappa shape index (κ3) is 11.6. The van der Waals surface area contributed by atoms with Crippen LogP contribution in [-0.2, 0) is 8.85 Å². The highest BCUT2D eigenvalue weighted by atomic mass is 32.1. The monoisotopic (exact) mass is 567 g/mol. The average Bonchev–Trinajstić information content (AvgIpc) is 3.33. The minimum atomic E-state index is -1.77. The number of aromatic nitrogens is 1. The molecule has 0 aliphatic heterocycles. The van der Waals surface area contributed by atoms with Crippen molar-refractivity contribution in [2.45, 2.75) is 130 Å². The number of hydrogen-bond acceptors (Lipinski definition) is 5. The maximum atomic E-state index is 10.1. The highest BCUT2D eigenvalue weighted by molar-refractivity contribution is 7.09.